The molecule has 1 N–H and O–H groups in total. The standard InChI is InChI=1S/C23H23N7O/c1-17(31)27-18-6-5-9-20(14-18)28-10-12-29(13-11-28)22-21-15-26-30(23(21)25-16-24-22)19-7-3-2-4-8-19/h2-9,14-16H,10-13H2,1H3,(H,27,31). The fourth-order valence-corrected chi connectivity index (χ4v) is 4.00. The van der Waals surface area contributed by atoms with Crippen LogP contribution in [0.1, 0.15) is 6.92 Å². The van der Waals surface area contributed by atoms with Crippen molar-refractivity contribution in [1.82, 2.24) is 19.7 Å². The number of carbonyl (C=O) groups is 1. The molecule has 1 aliphatic rings. The molecule has 0 spiro atoms. The highest BCUT2D eigenvalue weighted by Crippen LogP contribution is 2.27. The Balaban J connectivity index is 1.35. The van der Waals surface area contributed by atoms with Gasteiger partial charge in [-0.05, 0) is 30.3 Å². The summed E-state index contributed by atoms with van der Waals surface area (Å²) in [5.41, 5.74) is 3.71. The molecule has 1 amide bonds. The summed E-state index contributed by atoms with van der Waals surface area (Å²) < 4.78 is 1.85. The second-order valence-corrected chi connectivity index (χ2v) is 7.53. The van der Waals surface area contributed by atoms with Gasteiger partial charge in [0.15, 0.2) is 5.65 Å². The number of rotatable bonds is 4. The Morgan fingerprint density at radius 3 is 2.42 bits per heavy atom. The summed E-state index contributed by atoms with van der Waals surface area (Å²) in [5, 5.41) is 8.36. The summed E-state index contributed by atoms with van der Waals surface area (Å²) in [5.74, 6) is 0.852. The molecule has 0 saturated carbocycles. The van der Waals surface area contributed by atoms with Gasteiger partial charge in [-0.2, -0.15) is 5.10 Å². The lowest BCUT2D eigenvalue weighted by atomic mass is 10.2. The van der Waals surface area contributed by atoms with Crippen molar-refractivity contribution in [3.05, 3.63) is 67.1 Å². The van der Waals surface area contributed by atoms with Gasteiger partial charge in [-0.3, -0.25) is 4.79 Å². The van der Waals surface area contributed by atoms with E-state index < -0.39 is 0 Å². The molecule has 8 heteroatoms. The predicted octanol–water partition coefficient (Wildman–Crippen LogP) is 3.10. The minimum Gasteiger partial charge on any atom is -0.368 e. The van der Waals surface area contributed by atoms with E-state index in [-0.39, 0.29) is 5.91 Å². The zero-order chi connectivity index (χ0) is 21.2. The van der Waals surface area contributed by atoms with Crippen LogP contribution in [-0.2, 0) is 4.79 Å². The van der Waals surface area contributed by atoms with Crippen molar-refractivity contribution in [2.75, 3.05) is 41.3 Å². The number of fused-ring (bicyclic) bond motifs is 1. The normalized spacial score (nSPS) is 14.1. The van der Waals surface area contributed by atoms with Crippen molar-refractivity contribution in [2.45, 2.75) is 6.92 Å². The highest BCUT2D eigenvalue weighted by Gasteiger charge is 2.22. The predicted molar refractivity (Wildman–Crippen MR) is 122 cm³/mol. The first kappa shape index (κ1) is 19.0. The van der Waals surface area contributed by atoms with E-state index in [9.17, 15) is 4.79 Å². The number of benzene rings is 2. The Bertz CT molecular complexity index is 1210. The van der Waals surface area contributed by atoms with E-state index in [1.165, 1.54) is 6.92 Å². The molecule has 1 saturated heterocycles. The Hall–Kier alpha value is -3.94. The Morgan fingerprint density at radius 2 is 1.65 bits per heavy atom. The lowest BCUT2D eigenvalue weighted by Gasteiger charge is -2.37. The van der Waals surface area contributed by atoms with Gasteiger partial charge >= 0.3 is 0 Å². The van der Waals surface area contributed by atoms with Gasteiger partial charge < -0.3 is 15.1 Å². The second-order valence-electron chi connectivity index (χ2n) is 7.53. The highest BCUT2D eigenvalue weighted by atomic mass is 16.1. The van der Waals surface area contributed by atoms with Crippen molar-refractivity contribution in [2.24, 2.45) is 0 Å². The monoisotopic (exact) mass is 413 g/mol. The molecule has 156 valence electrons. The third-order valence-corrected chi connectivity index (χ3v) is 5.46. The first-order valence-corrected chi connectivity index (χ1v) is 10.3. The van der Waals surface area contributed by atoms with Gasteiger partial charge in [0.2, 0.25) is 5.91 Å². The third kappa shape index (κ3) is 3.79. The summed E-state index contributed by atoms with van der Waals surface area (Å²) in [4.78, 5) is 25.0. The first-order valence-electron chi connectivity index (χ1n) is 10.3. The van der Waals surface area contributed by atoms with Crippen molar-refractivity contribution < 1.29 is 4.79 Å². The maximum atomic E-state index is 11.3. The molecule has 31 heavy (non-hydrogen) atoms. The fraction of sp³-hybridized carbons (Fsp3) is 0.217. The van der Waals surface area contributed by atoms with E-state index >= 15 is 0 Å². The lowest BCUT2D eigenvalue weighted by Crippen LogP contribution is -2.46. The van der Waals surface area contributed by atoms with Crippen molar-refractivity contribution in [1.29, 1.82) is 0 Å². The minimum atomic E-state index is -0.0641. The lowest BCUT2D eigenvalue weighted by molar-refractivity contribution is -0.114. The van der Waals surface area contributed by atoms with Crippen LogP contribution in [0, 0.1) is 0 Å². The number of piperazine rings is 1. The number of para-hydroxylation sites is 1. The number of nitrogens with one attached hydrogen (secondary N) is 1. The molecule has 2 aromatic heterocycles. The van der Waals surface area contributed by atoms with Gasteiger partial charge in [-0.15, -0.1) is 0 Å². The van der Waals surface area contributed by atoms with Crippen molar-refractivity contribution >= 4 is 34.1 Å². The third-order valence-electron chi connectivity index (χ3n) is 5.46. The summed E-state index contributed by atoms with van der Waals surface area (Å²) in [6, 6.07) is 18.0. The molecule has 4 aromatic rings. The highest BCUT2D eigenvalue weighted by molar-refractivity contribution is 5.89. The average Bonchev–Trinajstić information content (AvgIpc) is 3.24. The van der Waals surface area contributed by atoms with Crippen LogP contribution in [-0.4, -0.2) is 51.8 Å². The van der Waals surface area contributed by atoms with Crippen LogP contribution in [0.2, 0.25) is 0 Å². The molecule has 0 bridgehead atoms. The van der Waals surface area contributed by atoms with Gasteiger partial charge in [0.1, 0.15) is 12.1 Å². The molecule has 0 unspecified atom stereocenters. The SMILES string of the molecule is CC(=O)Nc1cccc(N2CCN(c3ncnc4c3cnn4-c3ccccc3)CC2)c1. The van der Waals surface area contributed by atoms with Gasteiger partial charge in [-0.1, -0.05) is 24.3 Å². The van der Waals surface area contributed by atoms with E-state index in [1.54, 1.807) is 6.33 Å². The molecule has 5 rings (SSSR count). The quantitative estimate of drug-likeness (QED) is 0.554. The molecule has 1 aliphatic heterocycles. The van der Waals surface area contributed by atoms with Gasteiger partial charge in [-0.25, -0.2) is 14.6 Å². The van der Waals surface area contributed by atoms with Crippen molar-refractivity contribution in [3.8, 4) is 5.69 Å². The summed E-state index contributed by atoms with van der Waals surface area (Å²) in [6.45, 7) is 4.93. The van der Waals surface area contributed by atoms with E-state index in [0.29, 0.717) is 0 Å². The zero-order valence-corrected chi connectivity index (χ0v) is 17.3. The molecule has 0 radical (unpaired) electrons. The smallest absolute Gasteiger partial charge is 0.221 e. The Morgan fingerprint density at radius 1 is 0.903 bits per heavy atom. The molecule has 1 fully saturated rings. The average molecular weight is 413 g/mol. The number of aromatic nitrogens is 4. The number of hydrogen-bond donors (Lipinski definition) is 1. The van der Waals surface area contributed by atoms with Crippen LogP contribution in [0.25, 0.3) is 16.7 Å². The molecule has 3 heterocycles. The number of carbonyl (C=O) groups excluding carboxylic acids is 1. The van der Waals surface area contributed by atoms with Crippen LogP contribution in [0.3, 0.4) is 0 Å². The number of nitrogens with zero attached hydrogens (tertiary/aromatic N) is 6. The van der Waals surface area contributed by atoms with Crippen LogP contribution in [0.15, 0.2) is 67.1 Å². The van der Waals surface area contributed by atoms with E-state index in [1.807, 2.05) is 59.4 Å². The summed E-state index contributed by atoms with van der Waals surface area (Å²) in [6.07, 6.45) is 3.46. The molecule has 0 aliphatic carbocycles. The van der Waals surface area contributed by atoms with E-state index in [2.05, 4.69) is 36.2 Å². The van der Waals surface area contributed by atoms with Gasteiger partial charge in [0, 0.05) is 44.5 Å². The van der Waals surface area contributed by atoms with E-state index in [4.69, 9.17) is 0 Å². The van der Waals surface area contributed by atoms with Crippen LogP contribution in [0.5, 0.6) is 0 Å². The van der Waals surface area contributed by atoms with Gasteiger partial charge in [0.25, 0.3) is 0 Å². The Kier molecular flexibility index (Phi) is 4.95. The molecular weight excluding hydrogens is 390 g/mol. The largest absolute Gasteiger partial charge is 0.368 e. The number of hydrogen-bond acceptors (Lipinski definition) is 6. The topological polar surface area (TPSA) is 79.2 Å². The molecule has 0 atom stereocenters. The van der Waals surface area contributed by atoms with Crippen molar-refractivity contribution in [3.63, 3.8) is 0 Å². The number of amides is 1. The maximum absolute atomic E-state index is 11.3. The van der Waals surface area contributed by atoms with E-state index in [0.717, 1.165) is 60.1 Å². The first-order chi connectivity index (χ1) is 15.2. The second kappa shape index (κ2) is 8.06. The number of anilines is 3. The summed E-state index contributed by atoms with van der Waals surface area (Å²) in [7, 11) is 0. The van der Waals surface area contributed by atoms with Gasteiger partial charge in [0.05, 0.1) is 17.3 Å². The fourth-order valence-electron chi connectivity index (χ4n) is 4.00. The molecular formula is C23H23N7O. The van der Waals surface area contributed by atoms with Crippen LogP contribution < -0.4 is 15.1 Å². The van der Waals surface area contributed by atoms with Crippen LogP contribution >= 0.6 is 0 Å². The molecule has 2 aromatic carbocycles. The van der Waals surface area contributed by atoms with Crippen LogP contribution in [0.4, 0.5) is 17.2 Å². The zero-order valence-electron chi connectivity index (χ0n) is 17.3. The maximum Gasteiger partial charge on any atom is 0.221 e. The molecule has 8 nitrogen and oxygen atoms in total. The minimum absolute atomic E-state index is 0.0641. The Labute approximate surface area is 180 Å². The summed E-state index contributed by atoms with van der Waals surface area (Å²) >= 11 is 0.